The number of thiazole rings is 1. The molecule has 6 nitrogen and oxygen atoms in total. The normalized spacial score (nSPS) is 18.9. The van der Waals surface area contributed by atoms with Crippen molar-refractivity contribution in [2.45, 2.75) is 58.5 Å². The van der Waals surface area contributed by atoms with Gasteiger partial charge in [-0.25, -0.2) is 9.97 Å². The van der Waals surface area contributed by atoms with Gasteiger partial charge in [0.05, 0.1) is 10.7 Å². The average molecular weight is 428 g/mol. The van der Waals surface area contributed by atoms with Crippen molar-refractivity contribution in [1.29, 1.82) is 0 Å². The molecule has 0 radical (unpaired) electrons. The molecular weight excluding hydrogens is 394 g/mol. The molecule has 1 N–H and O–H groups in total. The van der Waals surface area contributed by atoms with Gasteiger partial charge < -0.3 is 10.2 Å². The zero-order valence-electron chi connectivity index (χ0n) is 18.0. The lowest BCUT2D eigenvalue weighted by atomic mass is 9.95. The lowest BCUT2D eigenvalue weighted by Gasteiger charge is -2.30. The summed E-state index contributed by atoms with van der Waals surface area (Å²) < 4.78 is 0. The number of nitrogens with one attached hydrogen (secondary N) is 1. The van der Waals surface area contributed by atoms with Crippen molar-refractivity contribution < 1.29 is 4.79 Å². The molecule has 2 saturated heterocycles. The molecule has 0 atom stereocenters. The summed E-state index contributed by atoms with van der Waals surface area (Å²) in [7, 11) is 0. The third-order valence-electron chi connectivity index (χ3n) is 6.22. The summed E-state index contributed by atoms with van der Waals surface area (Å²) in [5.74, 6) is 1.35. The van der Waals surface area contributed by atoms with Gasteiger partial charge >= 0.3 is 0 Å². The van der Waals surface area contributed by atoms with Crippen molar-refractivity contribution >= 4 is 23.1 Å². The van der Waals surface area contributed by atoms with E-state index in [0.29, 0.717) is 6.54 Å². The van der Waals surface area contributed by atoms with E-state index in [-0.39, 0.29) is 11.8 Å². The number of aromatic nitrogens is 2. The standard InChI is InChI=1S/C23H33N5OS/c1-18-26-21(17-30-18)16-27-12-8-20(9-13-27)23(29)25-15-19-6-7-22(24-14-19)28-10-4-2-3-5-11-28/h6-7,14,17,20H,2-5,8-13,15-16H2,1H3,(H,25,29). The molecule has 0 unspecified atom stereocenters. The highest BCUT2D eigenvalue weighted by atomic mass is 32.1. The number of amides is 1. The average Bonchev–Trinajstić information content (AvgIpc) is 3.01. The zero-order chi connectivity index (χ0) is 20.8. The molecule has 0 bridgehead atoms. The van der Waals surface area contributed by atoms with Gasteiger partial charge in [-0.2, -0.15) is 0 Å². The summed E-state index contributed by atoms with van der Waals surface area (Å²) >= 11 is 1.70. The molecule has 0 spiro atoms. The van der Waals surface area contributed by atoms with E-state index in [4.69, 9.17) is 0 Å². The molecule has 0 aromatic carbocycles. The summed E-state index contributed by atoms with van der Waals surface area (Å²) in [5.41, 5.74) is 2.22. The molecule has 30 heavy (non-hydrogen) atoms. The number of nitrogens with zero attached hydrogens (tertiary/aromatic N) is 4. The van der Waals surface area contributed by atoms with Crippen LogP contribution in [0.2, 0.25) is 0 Å². The van der Waals surface area contributed by atoms with Crippen molar-refractivity contribution in [3.63, 3.8) is 0 Å². The molecule has 1 amide bonds. The third-order valence-corrected chi connectivity index (χ3v) is 7.04. The third kappa shape index (κ3) is 5.79. The molecule has 7 heteroatoms. The predicted octanol–water partition coefficient (Wildman–Crippen LogP) is 3.76. The van der Waals surface area contributed by atoms with E-state index < -0.39 is 0 Å². The van der Waals surface area contributed by atoms with Gasteiger partial charge in [0.1, 0.15) is 5.82 Å². The van der Waals surface area contributed by atoms with Crippen LogP contribution in [-0.4, -0.2) is 47.0 Å². The maximum atomic E-state index is 12.6. The summed E-state index contributed by atoms with van der Waals surface area (Å²) in [6, 6.07) is 4.21. The maximum absolute atomic E-state index is 12.6. The Morgan fingerprint density at radius 1 is 1.13 bits per heavy atom. The Morgan fingerprint density at radius 2 is 1.90 bits per heavy atom. The number of carbonyl (C=O) groups is 1. The van der Waals surface area contributed by atoms with Crippen molar-refractivity contribution in [3.8, 4) is 0 Å². The van der Waals surface area contributed by atoms with Crippen LogP contribution in [0.25, 0.3) is 0 Å². The Balaban J connectivity index is 1.20. The SMILES string of the molecule is Cc1nc(CN2CCC(C(=O)NCc3ccc(N4CCCCCC4)nc3)CC2)cs1. The molecule has 2 aliphatic heterocycles. The van der Waals surface area contributed by atoms with Gasteiger partial charge in [-0.3, -0.25) is 9.69 Å². The van der Waals surface area contributed by atoms with E-state index >= 15 is 0 Å². The van der Waals surface area contributed by atoms with Crippen LogP contribution < -0.4 is 10.2 Å². The smallest absolute Gasteiger partial charge is 0.223 e. The molecule has 0 saturated carbocycles. The zero-order valence-corrected chi connectivity index (χ0v) is 18.8. The predicted molar refractivity (Wildman–Crippen MR) is 122 cm³/mol. The van der Waals surface area contributed by atoms with E-state index in [9.17, 15) is 4.79 Å². The summed E-state index contributed by atoms with van der Waals surface area (Å²) in [6.45, 7) is 7.62. The highest BCUT2D eigenvalue weighted by molar-refractivity contribution is 7.09. The number of rotatable bonds is 6. The first-order chi connectivity index (χ1) is 14.7. The number of likely N-dealkylation sites (tertiary alicyclic amines) is 1. The van der Waals surface area contributed by atoms with Crippen molar-refractivity contribution in [3.05, 3.63) is 40.0 Å². The van der Waals surface area contributed by atoms with E-state index in [1.807, 2.05) is 13.1 Å². The molecular formula is C23H33N5OS. The van der Waals surface area contributed by atoms with Gasteiger partial charge in [-0.1, -0.05) is 18.9 Å². The molecule has 0 aliphatic carbocycles. The minimum atomic E-state index is 0.114. The molecule has 2 aliphatic rings. The van der Waals surface area contributed by atoms with Crippen LogP contribution in [0.5, 0.6) is 0 Å². The van der Waals surface area contributed by atoms with Crippen LogP contribution in [0, 0.1) is 12.8 Å². The summed E-state index contributed by atoms with van der Waals surface area (Å²) in [4.78, 5) is 26.6. The molecule has 4 heterocycles. The van der Waals surface area contributed by atoms with Crippen LogP contribution in [0.15, 0.2) is 23.7 Å². The van der Waals surface area contributed by atoms with Gasteiger partial charge in [0.25, 0.3) is 0 Å². The Bertz CT molecular complexity index is 805. The minimum Gasteiger partial charge on any atom is -0.357 e. The Hall–Kier alpha value is -1.99. The topological polar surface area (TPSA) is 61.4 Å². The molecule has 2 aromatic rings. The first kappa shape index (κ1) is 21.2. The van der Waals surface area contributed by atoms with Gasteiger partial charge in [-0.05, 0) is 57.3 Å². The van der Waals surface area contributed by atoms with Crippen LogP contribution in [0.3, 0.4) is 0 Å². The van der Waals surface area contributed by atoms with Crippen molar-refractivity contribution in [1.82, 2.24) is 20.2 Å². The second-order valence-corrected chi connectivity index (χ2v) is 9.61. The minimum absolute atomic E-state index is 0.114. The lowest BCUT2D eigenvalue weighted by molar-refractivity contribution is -0.126. The van der Waals surface area contributed by atoms with Gasteiger partial charge in [0, 0.05) is 43.7 Å². The van der Waals surface area contributed by atoms with Crippen LogP contribution in [-0.2, 0) is 17.9 Å². The first-order valence-electron chi connectivity index (χ1n) is 11.3. The van der Waals surface area contributed by atoms with E-state index in [1.165, 1.54) is 25.7 Å². The maximum Gasteiger partial charge on any atom is 0.223 e. The first-order valence-corrected chi connectivity index (χ1v) is 12.2. The van der Waals surface area contributed by atoms with Gasteiger partial charge in [0.15, 0.2) is 0 Å². The van der Waals surface area contributed by atoms with Gasteiger partial charge in [-0.15, -0.1) is 11.3 Å². The van der Waals surface area contributed by atoms with E-state index in [2.05, 4.69) is 42.6 Å². The number of hydrogen-bond donors (Lipinski definition) is 1. The van der Waals surface area contributed by atoms with Crippen molar-refractivity contribution in [2.24, 2.45) is 5.92 Å². The lowest BCUT2D eigenvalue weighted by Crippen LogP contribution is -2.40. The van der Waals surface area contributed by atoms with E-state index in [0.717, 1.165) is 67.6 Å². The Labute approximate surface area is 183 Å². The largest absolute Gasteiger partial charge is 0.357 e. The number of aryl methyl sites for hydroxylation is 1. The number of piperidine rings is 1. The summed E-state index contributed by atoms with van der Waals surface area (Å²) in [6.07, 6.45) is 8.90. The van der Waals surface area contributed by atoms with E-state index in [1.54, 1.807) is 11.3 Å². The number of anilines is 1. The highest BCUT2D eigenvalue weighted by Crippen LogP contribution is 2.21. The Kier molecular flexibility index (Phi) is 7.33. The quantitative estimate of drug-likeness (QED) is 0.761. The number of hydrogen-bond acceptors (Lipinski definition) is 6. The monoisotopic (exact) mass is 427 g/mol. The molecule has 162 valence electrons. The Morgan fingerprint density at radius 3 is 2.53 bits per heavy atom. The molecule has 2 fully saturated rings. The second kappa shape index (κ2) is 10.4. The second-order valence-electron chi connectivity index (χ2n) is 8.55. The van der Waals surface area contributed by atoms with Crippen LogP contribution in [0.1, 0.15) is 54.8 Å². The summed E-state index contributed by atoms with van der Waals surface area (Å²) in [5, 5.41) is 6.38. The van der Waals surface area contributed by atoms with Crippen molar-refractivity contribution in [2.75, 3.05) is 31.1 Å². The van der Waals surface area contributed by atoms with Crippen LogP contribution in [0.4, 0.5) is 5.82 Å². The fourth-order valence-electron chi connectivity index (χ4n) is 4.40. The highest BCUT2D eigenvalue weighted by Gasteiger charge is 2.25. The number of pyridine rings is 1. The van der Waals surface area contributed by atoms with Gasteiger partial charge in [0.2, 0.25) is 5.91 Å². The fourth-order valence-corrected chi connectivity index (χ4v) is 5.01. The fraction of sp³-hybridized carbons (Fsp3) is 0.609. The molecule has 2 aromatic heterocycles. The number of carbonyl (C=O) groups excluding carboxylic acids is 1. The molecule has 4 rings (SSSR count). The van der Waals surface area contributed by atoms with Crippen LogP contribution >= 0.6 is 11.3 Å².